The van der Waals surface area contributed by atoms with Crippen molar-refractivity contribution in [1.82, 2.24) is 4.57 Å². The quantitative estimate of drug-likeness (QED) is 0.156. The predicted octanol–water partition coefficient (Wildman–Crippen LogP) is 15.3. The van der Waals surface area contributed by atoms with Gasteiger partial charge in [-0.15, -0.1) is 0 Å². The Morgan fingerprint density at radius 2 is 0.661 bits per heavy atom. The third kappa shape index (κ3) is 5.88. The van der Waals surface area contributed by atoms with Crippen LogP contribution in [0.2, 0.25) is 0 Å². The fourth-order valence-corrected chi connectivity index (χ4v) is 9.14. The number of rotatable bonds is 6. The molecule has 1 aromatic heterocycles. The smallest absolute Gasteiger partial charge is 0.0992 e. The molecular formula is C57H36N2. The van der Waals surface area contributed by atoms with E-state index in [1.807, 2.05) is 12.1 Å². The van der Waals surface area contributed by atoms with Gasteiger partial charge in [0.1, 0.15) is 0 Å². The Bertz CT molecular complexity index is 3340. The van der Waals surface area contributed by atoms with E-state index in [-0.39, 0.29) is 0 Å². The molecule has 0 aliphatic carbocycles. The number of fused-ring (bicyclic) bond motifs is 5. The fourth-order valence-electron chi connectivity index (χ4n) is 9.14. The maximum absolute atomic E-state index is 10.2. The average molecular weight is 749 g/mol. The third-order valence-corrected chi connectivity index (χ3v) is 11.8. The molecule has 11 rings (SSSR count). The van der Waals surface area contributed by atoms with Gasteiger partial charge in [-0.2, -0.15) is 5.26 Å². The van der Waals surface area contributed by atoms with Crippen molar-refractivity contribution in [2.45, 2.75) is 0 Å². The topological polar surface area (TPSA) is 28.7 Å². The predicted molar refractivity (Wildman–Crippen MR) is 248 cm³/mol. The highest BCUT2D eigenvalue weighted by atomic mass is 15.0. The molecule has 2 heteroatoms. The Morgan fingerprint density at radius 1 is 0.288 bits per heavy atom. The summed E-state index contributed by atoms with van der Waals surface area (Å²) in [6, 6.07) is 80.5. The normalized spacial score (nSPS) is 11.4. The maximum atomic E-state index is 10.2. The fraction of sp³-hybridized carbons (Fsp3) is 0. The molecule has 0 N–H and O–H groups in total. The molecule has 0 radical (unpaired) electrons. The van der Waals surface area contributed by atoms with Crippen LogP contribution in [0.1, 0.15) is 5.56 Å². The van der Waals surface area contributed by atoms with Crippen molar-refractivity contribution in [1.29, 1.82) is 5.26 Å². The van der Waals surface area contributed by atoms with Crippen molar-refractivity contribution in [3.8, 4) is 67.4 Å². The summed E-state index contributed by atoms with van der Waals surface area (Å²) >= 11 is 0. The van der Waals surface area contributed by atoms with Crippen LogP contribution < -0.4 is 0 Å². The molecule has 0 aliphatic rings. The van der Waals surface area contributed by atoms with E-state index in [9.17, 15) is 5.26 Å². The van der Waals surface area contributed by atoms with Crippen LogP contribution in [0.15, 0.2) is 218 Å². The Morgan fingerprint density at radius 3 is 1.15 bits per heavy atom. The van der Waals surface area contributed by atoms with E-state index >= 15 is 0 Å². The number of para-hydroxylation sites is 2. The van der Waals surface area contributed by atoms with Crippen molar-refractivity contribution in [2.75, 3.05) is 0 Å². The Labute approximate surface area is 343 Å². The van der Waals surface area contributed by atoms with Crippen molar-refractivity contribution >= 4 is 43.4 Å². The van der Waals surface area contributed by atoms with Crippen LogP contribution in [0.3, 0.4) is 0 Å². The molecule has 10 aromatic carbocycles. The van der Waals surface area contributed by atoms with Crippen LogP contribution in [-0.4, -0.2) is 4.57 Å². The second-order valence-corrected chi connectivity index (χ2v) is 15.2. The van der Waals surface area contributed by atoms with Crippen LogP contribution in [0.4, 0.5) is 0 Å². The number of nitrogens with zero attached hydrogens (tertiary/aromatic N) is 2. The minimum atomic E-state index is 0.627. The first-order valence-electron chi connectivity index (χ1n) is 20.1. The minimum Gasteiger partial charge on any atom is -0.309 e. The van der Waals surface area contributed by atoms with Crippen molar-refractivity contribution in [3.63, 3.8) is 0 Å². The van der Waals surface area contributed by atoms with Crippen LogP contribution in [-0.2, 0) is 0 Å². The number of aromatic nitrogens is 1. The summed E-state index contributed by atoms with van der Waals surface area (Å²) in [6.07, 6.45) is 0. The van der Waals surface area contributed by atoms with E-state index < -0.39 is 0 Å². The van der Waals surface area contributed by atoms with Gasteiger partial charge in [-0.1, -0.05) is 170 Å². The second-order valence-electron chi connectivity index (χ2n) is 15.2. The van der Waals surface area contributed by atoms with Gasteiger partial charge in [0, 0.05) is 16.5 Å². The van der Waals surface area contributed by atoms with Gasteiger partial charge in [-0.25, -0.2) is 0 Å². The molecule has 274 valence electrons. The molecule has 2 nitrogen and oxygen atoms in total. The number of benzene rings is 10. The highest BCUT2D eigenvalue weighted by Gasteiger charge is 2.18. The molecule has 0 unspecified atom stereocenters. The highest BCUT2D eigenvalue weighted by molar-refractivity contribution is 6.21. The summed E-state index contributed by atoms with van der Waals surface area (Å²) < 4.78 is 2.28. The largest absolute Gasteiger partial charge is 0.309 e. The summed E-state index contributed by atoms with van der Waals surface area (Å²) in [4.78, 5) is 0. The SMILES string of the molecule is N#Cc1cc(-c2cccc(-c3cccc(-c4cccc(-c5c6ccccc6c(-c6ccccc6)c6ccccc56)c4)c3)c2)cc(-n2c3ccccc3c3ccccc32)c1. The monoisotopic (exact) mass is 748 g/mol. The number of nitriles is 1. The zero-order chi connectivity index (χ0) is 39.3. The molecule has 1 heterocycles. The van der Waals surface area contributed by atoms with Crippen LogP contribution in [0, 0.1) is 11.3 Å². The maximum Gasteiger partial charge on any atom is 0.0992 e. The van der Waals surface area contributed by atoms with Gasteiger partial charge in [0.2, 0.25) is 0 Å². The van der Waals surface area contributed by atoms with Crippen LogP contribution in [0.25, 0.3) is 105 Å². The van der Waals surface area contributed by atoms with Gasteiger partial charge in [-0.3, -0.25) is 0 Å². The summed E-state index contributed by atoms with van der Waals surface area (Å²) in [5.74, 6) is 0. The van der Waals surface area contributed by atoms with E-state index in [0.717, 1.165) is 44.5 Å². The zero-order valence-corrected chi connectivity index (χ0v) is 32.2. The van der Waals surface area contributed by atoms with Crippen LogP contribution in [0.5, 0.6) is 0 Å². The van der Waals surface area contributed by atoms with Gasteiger partial charge < -0.3 is 4.57 Å². The van der Waals surface area contributed by atoms with Gasteiger partial charge in [0.15, 0.2) is 0 Å². The molecule has 11 aromatic rings. The average Bonchev–Trinajstić information content (AvgIpc) is 3.65. The zero-order valence-electron chi connectivity index (χ0n) is 32.2. The van der Waals surface area contributed by atoms with Crippen molar-refractivity contribution in [2.24, 2.45) is 0 Å². The van der Waals surface area contributed by atoms with Crippen LogP contribution >= 0.6 is 0 Å². The standard InChI is InChI=1S/C57H36N2/c58-37-38-31-46(36-47(32-38)59-54-29-10-8-23-48(54)49-24-9-11-30-55(49)59)44-21-13-19-42(34-44)40-17-12-18-41(33-40)43-20-14-22-45(35-43)57-52-27-6-4-25-50(52)56(39-15-2-1-3-16-39)51-26-5-7-28-53(51)57/h1-36H. The number of hydrogen-bond acceptors (Lipinski definition) is 1. The molecule has 0 saturated heterocycles. The first kappa shape index (κ1) is 34.3. The molecule has 0 atom stereocenters. The lowest BCUT2D eigenvalue weighted by Crippen LogP contribution is -1.96. The summed E-state index contributed by atoms with van der Waals surface area (Å²) in [6.45, 7) is 0. The second kappa shape index (κ2) is 14.2. The molecule has 0 spiro atoms. The van der Waals surface area contributed by atoms with E-state index in [0.29, 0.717) is 5.56 Å². The van der Waals surface area contributed by atoms with Gasteiger partial charge in [0.05, 0.1) is 22.7 Å². The molecule has 0 fully saturated rings. The summed E-state index contributed by atoms with van der Waals surface area (Å²) in [5, 5.41) is 17.6. The lowest BCUT2D eigenvalue weighted by Gasteiger charge is -2.18. The minimum absolute atomic E-state index is 0.627. The van der Waals surface area contributed by atoms with Crippen molar-refractivity contribution in [3.05, 3.63) is 224 Å². The number of hydrogen-bond donors (Lipinski definition) is 0. The van der Waals surface area contributed by atoms with E-state index in [1.165, 1.54) is 60.1 Å². The lowest BCUT2D eigenvalue weighted by molar-refractivity contribution is 1.18. The van der Waals surface area contributed by atoms with E-state index in [2.05, 4.69) is 217 Å². The first-order chi connectivity index (χ1) is 29.2. The Hall–Kier alpha value is -7.99. The summed E-state index contributed by atoms with van der Waals surface area (Å²) in [7, 11) is 0. The van der Waals surface area contributed by atoms with Crippen molar-refractivity contribution < 1.29 is 0 Å². The van der Waals surface area contributed by atoms with Gasteiger partial charge in [-0.05, 0) is 126 Å². The first-order valence-corrected chi connectivity index (χ1v) is 20.1. The van der Waals surface area contributed by atoms with E-state index in [1.54, 1.807) is 0 Å². The van der Waals surface area contributed by atoms with E-state index in [4.69, 9.17) is 0 Å². The third-order valence-electron chi connectivity index (χ3n) is 11.8. The summed E-state index contributed by atoms with van der Waals surface area (Å²) in [5.41, 5.74) is 15.4. The highest BCUT2D eigenvalue weighted by Crippen LogP contribution is 2.44. The lowest BCUT2D eigenvalue weighted by atomic mass is 9.85. The molecule has 0 amide bonds. The Kier molecular flexibility index (Phi) is 8.24. The van der Waals surface area contributed by atoms with Gasteiger partial charge in [0.25, 0.3) is 0 Å². The molecular weight excluding hydrogens is 713 g/mol. The Balaban J connectivity index is 0.996. The van der Waals surface area contributed by atoms with Gasteiger partial charge >= 0.3 is 0 Å². The molecule has 59 heavy (non-hydrogen) atoms. The molecule has 0 saturated carbocycles. The molecule has 0 bridgehead atoms. The molecule has 0 aliphatic heterocycles.